The lowest BCUT2D eigenvalue weighted by molar-refractivity contribution is 0.179. The molecule has 2 N–H and O–H groups in total. The van der Waals surface area contributed by atoms with Crippen molar-refractivity contribution in [3.05, 3.63) is 11.1 Å². The highest BCUT2D eigenvalue weighted by molar-refractivity contribution is 7.88. The highest BCUT2D eigenvalue weighted by Gasteiger charge is 2.17. The first-order chi connectivity index (χ1) is 4.97. The molecule has 7 heteroatoms. The number of hydrogen-bond acceptors (Lipinski definition) is 4. The molecule has 0 spiro atoms. The van der Waals surface area contributed by atoms with Crippen LogP contribution in [0.2, 0.25) is 0 Å². The van der Waals surface area contributed by atoms with Crippen LogP contribution < -0.4 is 5.32 Å². The van der Waals surface area contributed by atoms with Crippen LogP contribution in [0.4, 0.5) is 4.79 Å². The molecule has 0 aromatic rings. The predicted octanol–water partition coefficient (Wildman–Crippen LogP) is -0.545. The lowest BCUT2D eigenvalue weighted by atomic mass is 10.6. The first-order valence-corrected chi connectivity index (χ1v) is 4.09. The number of alkyl carbamates (subject to hydrolysis) is 1. The molecule has 0 unspecified atom stereocenters. The van der Waals surface area contributed by atoms with Gasteiger partial charge in [0.25, 0.3) is 10.1 Å². The highest BCUT2D eigenvalue weighted by Crippen LogP contribution is 2.02. The number of amides is 1. The Morgan fingerprint density at radius 3 is 2.64 bits per heavy atom. The van der Waals surface area contributed by atoms with E-state index in [1.54, 1.807) is 0 Å². The number of hydrogen-bond donors (Lipinski definition) is 2. The number of carbonyl (C=O) groups excluding carboxylic acids is 1. The fourth-order valence-corrected chi connectivity index (χ4v) is 1.08. The quantitative estimate of drug-likeness (QED) is 0.527. The molecule has 1 rings (SSSR count). The van der Waals surface area contributed by atoms with E-state index in [0.717, 1.165) is 0 Å². The van der Waals surface area contributed by atoms with Crippen LogP contribution in [0.15, 0.2) is 11.1 Å². The molecule has 62 valence electrons. The average Bonchev–Trinajstić information content (AvgIpc) is 2.10. The summed E-state index contributed by atoms with van der Waals surface area (Å²) in [4.78, 5) is 10.3. The fraction of sp³-hybridized carbons (Fsp3) is 0.250. The van der Waals surface area contributed by atoms with Crippen molar-refractivity contribution in [2.45, 2.75) is 0 Å². The second-order valence-corrected chi connectivity index (χ2v) is 3.12. The molecule has 1 heterocycles. The summed E-state index contributed by atoms with van der Waals surface area (Å²) in [7, 11) is -4.19. The summed E-state index contributed by atoms with van der Waals surface area (Å²) in [5.41, 5.74) is 0.0255. The third-order valence-corrected chi connectivity index (χ3v) is 1.49. The highest BCUT2D eigenvalue weighted by atomic mass is 32.2. The van der Waals surface area contributed by atoms with E-state index < -0.39 is 16.2 Å². The van der Waals surface area contributed by atoms with Crippen LogP contribution in [0, 0.1) is 0 Å². The van der Waals surface area contributed by atoms with Gasteiger partial charge < -0.3 is 4.74 Å². The SMILES string of the molecule is O=C1N/C(=C/S(=O)(=O)O)CO1. The normalized spacial score (nSPS) is 21.5. The maximum Gasteiger partial charge on any atom is 0.411 e. The summed E-state index contributed by atoms with van der Waals surface area (Å²) < 4.78 is 32.9. The zero-order chi connectivity index (χ0) is 8.48. The monoisotopic (exact) mass is 179 g/mol. The van der Waals surface area contributed by atoms with Crippen molar-refractivity contribution >= 4 is 16.2 Å². The zero-order valence-corrected chi connectivity index (χ0v) is 6.09. The van der Waals surface area contributed by atoms with E-state index in [2.05, 4.69) is 10.1 Å². The lowest BCUT2D eigenvalue weighted by Gasteiger charge is -1.88. The molecule has 0 radical (unpaired) electrons. The molecule has 1 aliphatic rings. The number of carbonyl (C=O) groups is 1. The standard InChI is InChI=1S/C4H5NO5S/c6-4-5-3(1-10-4)2-11(7,8)9/h2H,1H2,(H,5,6)(H,7,8,9)/b3-2+. The Labute approximate surface area is 62.6 Å². The van der Waals surface area contributed by atoms with Crippen molar-refractivity contribution in [2.24, 2.45) is 0 Å². The Kier molecular flexibility index (Phi) is 1.83. The molecule has 6 nitrogen and oxygen atoms in total. The minimum Gasteiger partial charge on any atom is -0.443 e. The van der Waals surface area contributed by atoms with Gasteiger partial charge >= 0.3 is 6.09 Å². The van der Waals surface area contributed by atoms with Crippen LogP contribution in [-0.4, -0.2) is 25.7 Å². The van der Waals surface area contributed by atoms with E-state index in [9.17, 15) is 13.2 Å². The van der Waals surface area contributed by atoms with Crippen LogP contribution >= 0.6 is 0 Å². The van der Waals surface area contributed by atoms with Crippen LogP contribution in [0.1, 0.15) is 0 Å². The molecule has 1 aliphatic heterocycles. The van der Waals surface area contributed by atoms with E-state index >= 15 is 0 Å². The molecule has 0 aromatic heterocycles. The molecule has 1 amide bonds. The van der Waals surface area contributed by atoms with Crippen LogP contribution in [0.5, 0.6) is 0 Å². The molecule has 0 saturated carbocycles. The Morgan fingerprint density at radius 2 is 2.27 bits per heavy atom. The van der Waals surface area contributed by atoms with E-state index in [1.807, 2.05) is 0 Å². The number of rotatable bonds is 1. The van der Waals surface area contributed by atoms with Crippen molar-refractivity contribution < 1.29 is 22.5 Å². The molecule has 0 bridgehead atoms. The molecule has 11 heavy (non-hydrogen) atoms. The molecular weight excluding hydrogens is 174 g/mol. The molecule has 0 atom stereocenters. The minimum absolute atomic E-state index is 0.0255. The Balaban J connectivity index is 2.78. The van der Waals surface area contributed by atoms with Gasteiger partial charge in [0.2, 0.25) is 0 Å². The van der Waals surface area contributed by atoms with Gasteiger partial charge in [-0.15, -0.1) is 0 Å². The summed E-state index contributed by atoms with van der Waals surface area (Å²) in [5, 5.41) is 2.60. The van der Waals surface area contributed by atoms with Crippen LogP contribution in [0.25, 0.3) is 0 Å². The van der Waals surface area contributed by atoms with E-state index in [1.165, 1.54) is 0 Å². The summed E-state index contributed by atoms with van der Waals surface area (Å²) in [6, 6.07) is 0. The summed E-state index contributed by atoms with van der Waals surface area (Å²) in [6.45, 7) is -0.154. The van der Waals surface area contributed by atoms with Gasteiger partial charge in [-0.25, -0.2) is 4.79 Å². The maximum atomic E-state index is 10.3. The average molecular weight is 179 g/mol. The van der Waals surface area contributed by atoms with E-state index in [-0.39, 0.29) is 12.3 Å². The zero-order valence-electron chi connectivity index (χ0n) is 5.27. The van der Waals surface area contributed by atoms with Crippen molar-refractivity contribution in [1.29, 1.82) is 0 Å². The van der Waals surface area contributed by atoms with Crippen LogP contribution in [0.3, 0.4) is 0 Å². The van der Waals surface area contributed by atoms with Gasteiger partial charge in [-0.3, -0.25) is 9.87 Å². The van der Waals surface area contributed by atoms with Gasteiger partial charge in [0.1, 0.15) is 6.61 Å². The lowest BCUT2D eigenvalue weighted by Crippen LogP contribution is -2.12. The number of cyclic esters (lactones) is 1. The maximum absolute atomic E-state index is 10.3. The minimum atomic E-state index is -4.19. The topological polar surface area (TPSA) is 92.7 Å². The Hall–Kier alpha value is -1.08. The second-order valence-electron chi connectivity index (χ2n) is 1.86. The smallest absolute Gasteiger partial charge is 0.411 e. The predicted molar refractivity (Wildman–Crippen MR) is 34.1 cm³/mol. The first-order valence-electron chi connectivity index (χ1n) is 2.59. The number of ether oxygens (including phenoxy) is 1. The summed E-state index contributed by atoms with van der Waals surface area (Å²) in [6.07, 6.45) is -0.722. The van der Waals surface area contributed by atoms with Gasteiger partial charge in [-0.2, -0.15) is 8.42 Å². The number of nitrogens with one attached hydrogen (secondary N) is 1. The summed E-state index contributed by atoms with van der Waals surface area (Å²) >= 11 is 0. The van der Waals surface area contributed by atoms with Gasteiger partial charge in [0.15, 0.2) is 0 Å². The molecule has 1 saturated heterocycles. The third-order valence-electron chi connectivity index (χ3n) is 0.913. The van der Waals surface area contributed by atoms with Gasteiger partial charge in [-0.1, -0.05) is 0 Å². The molecule has 0 aliphatic carbocycles. The second kappa shape index (κ2) is 2.51. The Morgan fingerprint density at radius 1 is 1.64 bits per heavy atom. The third kappa shape index (κ3) is 2.56. The van der Waals surface area contributed by atoms with Gasteiger partial charge in [-0.05, 0) is 0 Å². The molecular formula is C4H5NO5S. The van der Waals surface area contributed by atoms with Gasteiger partial charge in [0, 0.05) is 0 Å². The van der Waals surface area contributed by atoms with Gasteiger partial charge in [0.05, 0.1) is 11.1 Å². The Bertz CT molecular complexity index is 302. The van der Waals surface area contributed by atoms with Crippen molar-refractivity contribution in [1.82, 2.24) is 5.32 Å². The molecule has 1 fully saturated rings. The largest absolute Gasteiger partial charge is 0.443 e. The molecule has 0 aromatic carbocycles. The fourth-order valence-electron chi connectivity index (χ4n) is 0.590. The van der Waals surface area contributed by atoms with Crippen molar-refractivity contribution in [3.8, 4) is 0 Å². The van der Waals surface area contributed by atoms with Crippen LogP contribution in [-0.2, 0) is 14.9 Å². The van der Waals surface area contributed by atoms with E-state index in [4.69, 9.17) is 4.55 Å². The van der Waals surface area contributed by atoms with Crippen molar-refractivity contribution in [3.63, 3.8) is 0 Å². The van der Waals surface area contributed by atoms with E-state index in [0.29, 0.717) is 5.41 Å². The summed E-state index contributed by atoms with van der Waals surface area (Å²) in [5.74, 6) is 0. The van der Waals surface area contributed by atoms with Crippen molar-refractivity contribution in [2.75, 3.05) is 6.61 Å². The first kappa shape index (κ1) is 8.02.